The molecule has 1 aliphatic rings. The molecule has 0 spiro atoms. The van der Waals surface area contributed by atoms with E-state index in [-0.39, 0.29) is 5.91 Å². The Kier molecular flexibility index (Phi) is 6.71. The van der Waals surface area contributed by atoms with Crippen LogP contribution in [0.3, 0.4) is 0 Å². The van der Waals surface area contributed by atoms with Crippen LogP contribution in [0.25, 0.3) is 5.95 Å². The van der Waals surface area contributed by atoms with Gasteiger partial charge in [0.15, 0.2) is 0 Å². The third kappa shape index (κ3) is 5.04. The van der Waals surface area contributed by atoms with Gasteiger partial charge >= 0.3 is 0 Å². The van der Waals surface area contributed by atoms with E-state index < -0.39 is 6.04 Å². The first-order valence-corrected chi connectivity index (χ1v) is 10.7. The van der Waals surface area contributed by atoms with Gasteiger partial charge in [-0.1, -0.05) is 30.2 Å². The number of piperidine rings is 1. The monoisotopic (exact) mass is 424 g/mol. The van der Waals surface area contributed by atoms with E-state index in [2.05, 4.69) is 25.2 Å². The predicted molar refractivity (Wildman–Crippen MR) is 115 cm³/mol. The summed E-state index contributed by atoms with van der Waals surface area (Å²) in [5.74, 6) is 0.488. The Bertz CT molecular complexity index is 954. The van der Waals surface area contributed by atoms with Crippen LogP contribution in [0.15, 0.2) is 55.2 Å². The fraction of sp³-hybridized carbons (Fsp3) is 0.364. The zero-order chi connectivity index (χ0) is 20.8. The average Bonchev–Trinajstić information content (AvgIpc) is 3.31. The normalized spacial score (nSPS) is 15.6. The molecule has 4 rings (SSSR count). The lowest BCUT2D eigenvalue weighted by molar-refractivity contribution is -0.127. The molecule has 2 aromatic heterocycles. The third-order valence-electron chi connectivity index (χ3n) is 5.31. The molecule has 1 aliphatic heterocycles. The van der Waals surface area contributed by atoms with E-state index in [1.165, 1.54) is 6.42 Å². The number of imidazole rings is 1. The Morgan fingerprint density at radius 1 is 1.10 bits per heavy atom. The Balaban J connectivity index is 1.50. The number of carbonyl (C=O) groups is 1. The molecule has 1 fully saturated rings. The summed E-state index contributed by atoms with van der Waals surface area (Å²) in [5, 5.41) is 3.82. The van der Waals surface area contributed by atoms with Gasteiger partial charge in [0.2, 0.25) is 11.9 Å². The Morgan fingerprint density at radius 3 is 2.63 bits per heavy atom. The van der Waals surface area contributed by atoms with Crippen molar-refractivity contribution in [2.24, 2.45) is 0 Å². The second-order valence-corrected chi connectivity index (χ2v) is 7.85. The number of benzene rings is 1. The van der Waals surface area contributed by atoms with Gasteiger partial charge in [-0.15, -0.1) is 0 Å². The van der Waals surface area contributed by atoms with Gasteiger partial charge in [0.25, 0.3) is 0 Å². The zero-order valence-electron chi connectivity index (χ0n) is 16.7. The van der Waals surface area contributed by atoms with Crippen molar-refractivity contribution in [3.05, 3.63) is 71.5 Å². The van der Waals surface area contributed by atoms with Gasteiger partial charge in [-0.05, 0) is 56.1 Å². The number of carbonyl (C=O) groups excluding carboxylic acids is 1. The summed E-state index contributed by atoms with van der Waals surface area (Å²) in [6, 6.07) is 9.11. The molecule has 1 atom stereocenters. The number of amides is 1. The fourth-order valence-corrected chi connectivity index (χ4v) is 3.88. The quantitative estimate of drug-likeness (QED) is 0.630. The Morgan fingerprint density at radius 2 is 1.90 bits per heavy atom. The minimum Gasteiger partial charge on any atom is -0.354 e. The first-order valence-electron chi connectivity index (χ1n) is 10.3. The van der Waals surface area contributed by atoms with Crippen LogP contribution in [0, 0.1) is 0 Å². The largest absolute Gasteiger partial charge is 0.354 e. The van der Waals surface area contributed by atoms with Crippen molar-refractivity contribution in [1.29, 1.82) is 0 Å². The number of rotatable bonds is 7. The molecule has 1 N–H and O–H groups in total. The number of hydrogen-bond donors (Lipinski definition) is 1. The van der Waals surface area contributed by atoms with Crippen LogP contribution in [0.4, 0.5) is 0 Å². The first kappa shape index (κ1) is 20.5. The molecule has 1 aromatic carbocycles. The van der Waals surface area contributed by atoms with E-state index in [1.807, 2.05) is 30.3 Å². The lowest BCUT2D eigenvalue weighted by atomic mass is 10.0. The molecule has 3 aromatic rings. The van der Waals surface area contributed by atoms with Crippen LogP contribution in [0.5, 0.6) is 0 Å². The van der Waals surface area contributed by atoms with Crippen molar-refractivity contribution in [2.45, 2.75) is 31.7 Å². The molecule has 0 aliphatic carbocycles. The highest BCUT2D eigenvalue weighted by Crippen LogP contribution is 2.24. The van der Waals surface area contributed by atoms with Crippen LogP contribution in [0.2, 0.25) is 5.02 Å². The van der Waals surface area contributed by atoms with Crippen LogP contribution in [-0.4, -0.2) is 50.0 Å². The van der Waals surface area contributed by atoms with Crippen molar-refractivity contribution in [2.75, 3.05) is 19.6 Å². The molecule has 0 saturated carbocycles. The van der Waals surface area contributed by atoms with E-state index in [4.69, 9.17) is 11.6 Å². The van der Waals surface area contributed by atoms with E-state index >= 15 is 0 Å². The van der Waals surface area contributed by atoms with Gasteiger partial charge < -0.3 is 5.32 Å². The first-order chi connectivity index (χ1) is 14.7. The molecule has 0 radical (unpaired) electrons. The minimum atomic E-state index is -0.430. The van der Waals surface area contributed by atoms with Gasteiger partial charge in [0.1, 0.15) is 12.4 Å². The SMILES string of the molecule is O=C(NCCc1ccc(Cl)cc1)C(c1ccnc(-n2ccnc2)n1)N1CCCCC1. The van der Waals surface area contributed by atoms with Crippen molar-refractivity contribution in [3.8, 4) is 5.95 Å². The average molecular weight is 425 g/mol. The second-order valence-electron chi connectivity index (χ2n) is 7.42. The summed E-state index contributed by atoms with van der Waals surface area (Å²) in [7, 11) is 0. The maximum Gasteiger partial charge on any atom is 0.243 e. The molecular weight excluding hydrogens is 400 g/mol. The van der Waals surface area contributed by atoms with Crippen molar-refractivity contribution in [1.82, 2.24) is 29.7 Å². The second kappa shape index (κ2) is 9.82. The molecule has 0 bridgehead atoms. The standard InChI is InChI=1S/C22H25ClN6O/c23-18-6-4-17(5-7-18)8-10-25-21(30)20(28-13-2-1-3-14-28)19-9-11-26-22(27-19)29-15-12-24-16-29/h4-7,9,11-12,15-16,20H,1-3,8,10,13-14H2,(H,25,30). The topological polar surface area (TPSA) is 75.9 Å². The molecule has 1 unspecified atom stereocenters. The smallest absolute Gasteiger partial charge is 0.243 e. The minimum absolute atomic E-state index is 0.0267. The number of nitrogens with zero attached hydrogens (tertiary/aromatic N) is 5. The summed E-state index contributed by atoms with van der Waals surface area (Å²) in [4.78, 5) is 28.5. The van der Waals surface area contributed by atoms with Crippen LogP contribution in [0.1, 0.15) is 36.6 Å². The van der Waals surface area contributed by atoms with E-state index in [0.29, 0.717) is 23.2 Å². The predicted octanol–water partition coefficient (Wildman–Crippen LogP) is 3.20. The molecule has 156 valence electrons. The van der Waals surface area contributed by atoms with Gasteiger partial charge in [-0.3, -0.25) is 14.3 Å². The molecule has 30 heavy (non-hydrogen) atoms. The van der Waals surface area contributed by atoms with Gasteiger partial charge in [0, 0.05) is 30.2 Å². The van der Waals surface area contributed by atoms with Gasteiger partial charge in [0.05, 0.1) is 5.69 Å². The molecular formula is C22H25ClN6O. The van der Waals surface area contributed by atoms with E-state index in [0.717, 1.165) is 37.9 Å². The Hall–Kier alpha value is -2.77. The lowest BCUT2D eigenvalue weighted by Crippen LogP contribution is -2.43. The highest BCUT2D eigenvalue weighted by Gasteiger charge is 2.30. The third-order valence-corrected chi connectivity index (χ3v) is 5.56. The van der Waals surface area contributed by atoms with Gasteiger partial charge in [-0.2, -0.15) is 0 Å². The number of hydrogen-bond acceptors (Lipinski definition) is 5. The number of nitrogens with one attached hydrogen (secondary N) is 1. The molecule has 8 heteroatoms. The van der Waals surface area contributed by atoms with Gasteiger partial charge in [-0.25, -0.2) is 15.0 Å². The van der Waals surface area contributed by atoms with E-state index in [1.54, 1.807) is 29.5 Å². The molecule has 1 amide bonds. The molecule has 3 heterocycles. The van der Waals surface area contributed by atoms with Crippen molar-refractivity contribution < 1.29 is 4.79 Å². The Labute approximate surface area is 181 Å². The highest BCUT2D eigenvalue weighted by molar-refractivity contribution is 6.30. The molecule has 1 saturated heterocycles. The maximum atomic E-state index is 13.2. The highest BCUT2D eigenvalue weighted by atomic mass is 35.5. The summed E-state index contributed by atoms with van der Waals surface area (Å²) in [6.07, 6.45) is 11.0. The van der Waals surface area contributed by atoms with Crippen LogP contribution < -0.4 is 5.32 Å². The lowest BCUT2D eigenvalue weighted by Gasteiger charge is -2.33. The van der Waals surface area contributed by atoms with E-state index in [9.17, 15) is 4.79 Å². The van der Waals surface area contributed by atoms with Crippen LogP contribution >= 0.6 is 11.6 Å². The number of aromatic nitrogens is 4. The fourth-order valence-electron chi connectivity index (χ4n) is 3.76. The maximum absolute atomic E-state index is 13.2. The molecule has 7 nitrogen and oxygen atoms in total. The number of likely N-dealkylation sites (tertiary alicyclic amines) is 1. The summed E-state index contributed by atoms with van der Waals surface area (Å²) >= 11 is 5.95. The summed E-state index contributed by atoms with van der Waals surface area (Å²) in [6.45, 7) is 2.34. The summed E-state index contributed by atoms with van der Waals surface area (Å²) in [5.41, 5.74) is 1.85. The number of halogens is 1. The zero-order valence-corrected chi connectivity index (χ0v) is 17.5. The summed E-state index contributed by atoms with van der Waals surface area (Å²) < 4.78 is 1.75. The van der Waals surface area contributed by atoms with Crippen LogP contribution in [-0.2, 0) is 11.2 Å². The van der Waals surface area contributed by atoms with Crippen molar-refractivity contribution >= 4 is 17.5 Å². The van der Waals surface area contributed by atoms with Crippen molar-refractivity contribution in [3.63, 3.8) is 0 Å².